The molecular weight excluding hydrogens is 504 g/mol. The Kier molecular flexibility index (Phi) is 8.00. The van der Waals surface area contributed by atoms with Gasteiger partial charge in [0.15, 0.2) is 22.4 Å². The van der Waals surface area contributed by atoms with Crippen molar-refractivity contribution >= 4 is 57.6 Å². The minimum atomic E-state index is -0.270. The first-order chi connectivity index (χ1) is 17.7. The first-order valence-electron chi connectivity index (χ1n) is 11.7. The van der Waals surface area contributed by atoms with Crippen LogP contribution in [0.4, 0.5) is 11.4 Å². The Labute approximate surface area is 226 Å². The standard InChI is InChI=1S/C29H28N2O4S2/c1-17-6-9-22(19(3)12-17)30-27(32)16-35-24-11-8-21(14-25(24)34-5)15-26-28(33)31(29(36)37-26)23-10-7-18(2)13-20(23)4/h6-15H,16H2,1-5H3,(H,30,32)/b26-15-. The number of amides is 2. The van der Waals surface area contributed by atoms with E-state index in [-0.39, 0.29) is 18.4 Å². The zero-order chi connectivity index (χ0) is 26.7. The Balaban J connectivity index is 1.46. The lowest BCUT2D eigenvalue weighted by molar-refractivity contribution is -0.118. The minimum Gasteiger partial charge on any atom is -0.493 e. The van der Waals surface area contributed by atoms with Crippen LogP contribution in [-0.4, -0.2) is 29.9 Å². The van der Waals surface area contributed by atoms with Crippen LogP contribution in [0.3, 0.4) is 0 Å². The molecule has 37 heavy (non-hydrogen) atoms. The molecular formula is C29H28N2O4S2. The molecule has 0 unspecified atom stereocenters. The molecule has 0 radical (unpaired) electrons. The van der Waals surface area contributed by atoms with Gasteiger partial charge in [0, 0.05) is 5.69 Å². The number of rotatable bonds is 7. The van der Waals surface area contributed by atoms with Crippen LogP contribution in [-0.2, 0) is 9.59 Å². The quantitative estimate of drug-likeness (QED) is 0.282. The van der Waals surface area contributed by atoms with Gasteiger partial charge < -0.3 is 14.8 Å². The van der Waals surface area contributed by atoms with Crippen LogP contribution in [0.2, 0.25) is 0 Å². The average molecular weight is 533 g/mol. The van der Waals surface area contributed by atoms with Crippen molar-refractivity contribution < 1.29 is 19.1 Å². The molecule has 1 aliphatic heterocycles. The molecule has 0 atom stereocenters. The number of anilines is 2. The van der Waals surface area contributed by atoms with E-state index < -0.39 is 0 Å². The predicted molar refractivity (Wildman–Crippen MR) is 155 cm³/mol. The highest BCUT2D eigenvalue weighted by Crippen LogP contribution is 2.38. The second-order valence-electron chi connectivity index (χ2n) is 8.87. The summed E-state index contributed by atoms with van der Waals surface area (Å²) in [6.45, 7) is 7.76. The smallest absolute Gasteiger partial charge is 0.270 e. The van der Waals surface area contributed by atoms with Gasteiger partial charge in [0.05, 0.1) is 17.7 Å². The Bertz CT molecular complexity index is 1430. The SMILES string of the molecule is COc1cc(/C=C2\SC(=S)N(c3ccc(C)cc3C)C2=O)ccc1OCC(=O)Nc1ccc(C)cc1C. The summed E-state index contributed by atoms with van der Waals surface area (Å²) in [5, 5.41) is 2.87. The third kappa shape index (κ3) is 6.03. The van der Waals surface area contributed by atoms with Crippen LogP contribution in [0, 0.1) is 27.7 Å². The Hall–Kier alpha value is -3.62. The first kappa shape index (κ1) is 26.4. The zero-order valence-corrected chi connectivity index (χ0v) is 23.0. The number of methoxy groups -OCH3 is 1. The monoisotopic (exact) mass is 532 g/mol. The molecule has 1 fully saturated rings. The number of ether oxygens (including phenoxy) is 2. The van der Waals surface area contributed by atoms with Crippen LogP contribution >= 0.6 is 24.0 Å². The van der Waals surface area contributed by atoms with Gasteiger partial charge in [-0.25, -0.2) is 0 Å². The number of benzene rings is 3. The van der Waals surface area contributed by atoms with Gasteiger partial charge in [-0.05, 0) is 74.7 Å². The van der Waals surface area contributed by atoms with Crippen LogP contribution in [0.1, 0.15) is 27.8 Å². The lowest BCUT2D eigenvalue weighted by atomic mass is 10.1. The second kappa shape index (κ2) is 11.2. The van der Waals surface area contributed by atoms with Crippen LogP contribution in [0.5, 0.6) is 11.5 Å². The normalized spacial score (nSPS) is 14.3. The summed E-state index contributed by atoms with van der Waals surface area (Å²) >= 11 is 6.78. The maximum absolute atomic E-state index is 13.2. The molecule has 3 aromatic rings. The van der Waals surface area contributed by atoms with Crippen molar-refractivity contribution in [3.63, 3.8) is 0 Å². The lowest BCUT2D eigenvalue weighted by Crippen LogP contribution is -2.28. The molecule has 0 aromatic heterocycles. The third-order valence-corrected chi connectivity index (χ3v) is 7.19. The summed E-state index contributed by atoms with van der Waals surface area (Å²) in [5.41, 5.74) is 6.52. The fourth-order valence-electron chi connectivity index (χ4n) is 4.06. The van der Waals surface area contributed by atoms with Gasteiger partial charge in [0.25, 0.3) is 11.8 Å². The highest BCUT2D eigenvalue weighted by Gasteiger charge is 2.34. The molecule has 8 heteroatoms. The van der Waals surface area contributed by atoms with E-state index in [1.54, 1.807) is 23.1 Å². The Morgan fingerprint density at radius 1 is 0.973 bits per heavy atom. The van der Waals surface area contributed by atoms with Gasteiger partial charge in [-0.2, -0.15) is 0 Å². The van der Waals surface area contributed by atoms with Crippen LogP contribution < -0.4 is 19.7 Å². The lowest BCUT2D eigenvalue weighted by Gasteiger charge is -2.17. The molecule has 0 bridgehead atoms. The van der Waals surface area contributed by atoms with Crippen molar-refractivity contribution in [3.05, 3.63) is 87.3 Å². The molecule has 0 aliphatic carbocycles. The number of nitrogens with one attached hydrogen (secondary N) is 1. The molecule has 2 amide bonds. The molecule has 1 N–H and O–H groups in total. The van der Waals surface area contributed by atoms with E-state index in [1.165, 1.54) is 18.9 Å². The number of nitrogens with zero attached hydrogens (tertiary/aromatic N) is 1. The zero-order valence-electron chi connectivity index (χ0n) is 21.4. The van der Waals surface area contributed by atoms with Crippen LogP contribution in [0.25, 0.3) is 6.08 Å². The molecule has 0 saturated carbocycles. The highest BCUT2D eigenvalue weighted by atomic mass is 32.2. The first-order valence-corrected chi connectivity index (χ1v) is 12.9. The van der Waals surface area contributed by atoms with E-state index in [2.05, 4.69) is 5.32 Å². The Morgan fingerprint density at radius 3 is 2.35 bits per heavy atom. The molecule has 190 valence electrons. The second-order valence-corrected chi connectivity index (χ2v) is 10.5. The van der Waals surface area contributed by atoms with E-state index in [1.807, 2.05) is 70.2 Å². The van der Waals surface area contributed by atoms with Gasteiger partial charge in [-0.1, -0.05) is 65.4 Å². The van der Waals surface area contributed by atoms with Crippen molar-refractivity contribution in [1.29, 1.82) is 0 Å². The molecule has 3 aromatic carbocycles. The fourth-order valence-corrected chi connectivity index (χ4v) is 5.34. The van der Waals surface area contributed by atoms with Gasteiger partial charge in [0.1, 0.15) is 0 Å². The topological polar surface area (TPSA) is 67.9 Å². The number of thiocarbonyl (C=S) groups is 1. The van der Waals surface area contributed by atoms with Gasteiger partial charge >= 0.3 is 0 Å². The van der Waals surface area contributed by atoms with E-state index in [0.29, 0.717) is 20.7 Å². The number of hydrogen-bond acceptors (Lipinski definition) is 6. The third-order valence-electron chi connectivity index (χ3n) is 5.89. The molecule has 1 heterocycles. The summed E-state index contributed by atoms with van der Waals surface area (Å²) in [6.07, 6.45) is 1.78. The molecule has 4 rings (SSSR count). The maximum atomic E-state index is 13.2. The number of aryl methyl sites for hydroxylation is 4. The highest BCUT2D eigenvalue weighted by molar-refractivity contribution is 8.27. The largest absolute Gasteiger partial charge is 0.493 e. The van der Waals surface area contributed by atoms with Crippen molar-refractivity contribution in [2.45, 2.75) is 27.7 Å². The number of hydrogen-bond donors (Lipinski definition) is 1. The van der Waals surface area contributed by atoms with Crippen molar-refractivity contribution in [2.24, 2.45) is 0 Å². The molecule has 1 aliphatic rings. The van der Waals surface area contributed by atoms with Crippen LogP contribution in [0.15, 0.2) is 59.5 Å². The van der Waals surface area contributed by atoms with Crippen molar-refractivity contribution in [2.75, 3.05) is 23.9 Å². The summed E-state index contributed by atoms with van der Waals surface area (Å²) in [5.74, 6) is 0.452. The fraction of sp³-hybridized carbons (Fsp3) is 0.207. The van der Waals surface area contributed by atoms with E-state index in [0.717, 1.165) is 39.2 Å². The number of thioether (sulfide) groups is 1. The predicted octanol–water partition coefficient (Wildman–Crippen LogP) is 6.35. The molecule has 6 nitrogen and oxygen atoms in total. The summed E-state index contributed by atoms with van der Waals surface area (Å²) in [6, 6.07) is 17.0. The van der Waals surface area contributed by atoms with Crippen molar-refractivity contribution in [3.8, 4) is 11.5 Å². The van der Waals surface area contributed by atoms with Gasteiger partial charge in [-0.3, -0.25) is 14.5 Å². The summed E-state index contributed by atoms with van der Waals surface area (Å²) in [4.78, 5) is 27.7. The summed E-state index contributed by atoms with van der Waals surface area (Å²) in [7, 11) is 1.53. The minimum absolute atomic E-state index is 0.163. The van der Waals surface area contributed by atoms with Gasteiger partial charge in [0.2, 0.25) is 0 Å². The number of carbonyl (C=O) groups is 2. The van der Waals surface area contributed by atoms with E-state index in [4.69, 9.17) is 21.7 Å². The molecule has 0 spiro atoms. The van der Waals surface area contributed by atoms with Crippen molar-refractivity contribution in [1.82, 2.24) is 0 Å². The van der Waals surface area contributed by atoms with E-state index in [9.17, 15) is 9.59 Å². The summed E-state index contributed by atoms with van der Waals surface area (Å²) < 4.78 is 11.7. The maximum Gasteiger partial charge on any atom is 0.270 e. The van der Waals surface area contributed by atoms with E-state index >= 15 is 0 Å². The average Bonchev–Trinajstić information content (AvgIpc) is 3.12. The van der Waals surface area contributed by atoms with Gasteiger partial charge in [-0.15, -0.1) is 0 Å². The molecule has 1 saturated heterocycles. The Morgan fingerprint density at radius 2 is 1.68 bits per heavy atom. The number of carbonyl (C=O) groups excluding carboxylic acids is 2.